The number of hydrogen-bond donors (Lipinski definition) is 0. The molecule has 3 nitrogen and oxygen atoms in total. The monoisotopic (exact) mass is 1000 g/mol. The van der Waals surface area contributed by atoms with Gasteiger partial charge in [0.2, 0.25) is 0 Å². The van der Waals surface area contributed by atoms with E-state index < -0.39 is 5.41 Å². The maximum atomic E-state index is 16.5. The van der Waals surface area contributed by atoms with Crippen LogP contribution in [0.1, 0.15) is 101 Å². The largest absolute Gasteiger partial charge is 0.455 e. The molecule has 1 heterocycles. The standard InChI is InChI=1S/C73H63FN2O/c1-70(2,3)48-25-34-52(35-26-48)75(53-36-27-49(28-37-53)71(4,5)6)56-40-42-59-63(44-56)73(61-21-15-13-19-57(61)58-41-31-51(74)43-62(58)73)64-45-65(68-60-20-14-16-22-66(60)77-69(68)67(59)64)76(55-38-29-50(30-39-55)72(7,8)9)54-32-23-47(24-33-54)46-17-11-10-12-18-46/h10-45H,1-9H3. The Morgan fingerprint density at radius 1 is 0.377 bits per heavy atom. The van der Waals surface area contributed by atoms with Gasteiger partial charge < -0.3 is 14.2 Å². The maximum Gasteiger partial charge on any atom is 0.145 e. The number of benzene rings is 10. The quantitative estimate of drug-likeness (QED) is 0.159. The van der Waals surface area contributed by atoms with E-state index in [1.165, 1.54) is 16.7 Å². The number of nitrogens with zero attached hydrogens (tertiary/aromatic N) is 2. The number of furan rings is 1. The van der Waals surface area contributed by atoms with Crippen LogP contribution in [0.4, 0.5) is 38.5 Å². The fourth-order valence-electron chi connectivity index (χ4n) is 12.4. The summed E-state index contributed by atoms with van der Waals surface area (Å²) in [6.07, 6.45) is 0. The minimum absolute atomic E-state index is 0.0140. The van der Waals surface area contributed by atoms with Gasteiger partial charge in [-0.25, -0.2) is 4.39 Å². The summed E-state index contributed by atoms with van der Waals surface area (Å²) in [5.41, 5.74) is 21.2. The molecular formula is C73H63FN2O. The van der Waals surface area contributed by atoms with Gasteiger partial charge in [-0.05, 0) is 168 Å². The molecule has 13 rings (SSSR count). The third kappa shape index (κ3) is 7.74. The van der Waals surface area contributed by atoms with Crippen molar-refractivity contribution in [1.82, 2.24) is 0 Å². The van der Waals surface area contributed by atoms with Crippen LogP contribution < -0.4 is 9.80 Å². The molecular weight excluding hydrogens is 940 g/mol. The van der Waals surface area contributed by atoms with Crippen molar-refractivity contribution in [2.75, 3.05) is 9.80 Å². The molecule has 1 aromatic heterocycles. The first-order chi connectivity index (χ1) is 37.0. The second kappa shape index (κ2) is 17.5. The van der Waals surface area contributed by atoms with Crippen LogP contribution in [0.2, 0.25) is 0 Å². The molecule has 0 N–H and O–H groups in total. The molecule has 0 bridgehead atoms. The van der Waals surface area contributed by atoms with Crippen molar-refractivity contribution in [3.63, 3.8) is 0 Å². The third-order valence-corrected chi connectivity index (χ3v) is 16.4. The summed E-state index contributed by atoms with van der Waals surface area (Å²) < 4.78 is 23.9. The number of hydrogen-bond acceptors (Lipinski definition) is 3. The average molecular weight is 1000 g/mol. The van der Waals surface area contributed by atoms with Crippen molar-refractivity contribution in [2.45, 2.75) is 84.0 Å². The normalized spacial score (nSPS) is 14.7. The van der Waals surface area contributed by atoms with Crippen LogP contribution in [0, 0.1) is 5.82 Å². The molecule has 10 aromatic carbocycles. The van der Waals surface area contributed by atoms with Gasteiger partial charge in [-0.3, -0.25) is 0 Å². The lowest BCUT2D eigenvalue weighted by atomic mass is 9.70. The van der Waals surface area contributed by atoms with Crippen molar-refractivity contribution in [2.24, 2.45) is 0 Å². The molecule has 1 unspecified atom stereocenters. The van der Waals surface area contributed by atoms with Gasteiger partial charge in [0.05, 0.1) is 16.5 Å². The van der Waals surface area contributed by atoms with E-state index >= 15 is 4.39 Å². The number of para-hydroxylation sites is 1. The summed E-state index contributed by atoms with van der Waals surface area (Å²) in [7, 11) is 0. The third-order valence-electron chi connectivity index (χ3n) is 16.4. The summed E-state index contributed by atoms with van der Waals surface area (Å²) in [6, 6.07) is 78.6. The highest BCUT2D eigenvalue weighted by atomic mass is 19.1. The Balaban J connectivity index is 1.12. The molecule has 0 saturated carbocycles. The predicted octanol–water partition coefficient (Wildman–Crippen LogP) is 20.6. The highest BCUT2D eigenvalue weighted by molar-refractivity contribution is 6.20. The molecule has 1 atom stereocenters. The SMILES string of the molecule is CC(C)(C)c1ccc(N(c2ccc(C(C)(C)C)cc2)c2ccc3c(c2)C2(c4ccccc4-c4ccc(F)cc42)c2cc(N(c4ccc(-c5ccccc5)cc4)c4ccc(C(C)(C)C)cc4)c4c(oc5ccccc54)c2-3)cc1. The number of halogens is 1. The van der Waals surface area contributed by atoms with E-state index in [1.54, 1.807) is 12.1 Å². The van der Waals surface area contributed by atoms with Gasteiger partial charge in [-0.2, -0.15) is 0 Å². The smallest absolute Gasteiger partial charge is 0.145 e. The molecule has 1 spiro atoms. The Morgan fingerprint density at radius 2 is 0.844 bits per heavy atom. The van der Waals surface area contributed by atoms with E-state index in [1.807, 2.05) is 6.07 Å². The molecule has 0 radical (unpaired) electrons. The fourth-order valence-corrected chi connectivity index (χ4v) is 12.4. The number of anilines is 6. The van der Waals surface area contributed by atoms with Crippen LogP contribution in [0.15, 0.2) is 223 Å². The summed E-state index contributed by atoms with van der Waals surface area (Å²) in [5, 5.41) is 2.04. The number of fused-ring (bicyclic) bond motifs is 14. The lowest BCUT2D eigenvalue weighted by Crippen LogP contribution is -2.27. The van der Waals surface area contributed by atoms with E-state index in [4.69, 9.17) is 4.42 Å². The van der Waals surface area contributed by atoms with Gasteiger partial charge in [0.1, 0.15) is 17.0 Å². The molecule has 0 amide bonds. The maximum absolute atomic E-state index is 16.5. The Morgan fingerprint density at radius 3 is 1.44 bits per heavy atom. The van der Waals surface area contributed by atoms with Crippen molar-refractivity contribution in [1.29, 1.82) is 0 Å². The second-order valence-electron chi connectivity index (χ2n) is 24.3. The van der Waals surface area contributed by atoms with Gasteiger partial charge in [0, 0.05) is 39.4 Å². The molecule has 4 heteroatoms. The van der Waals surface area contributed by atoms with Crippen LogP contribution in [0.5, 0.6) is 0 Å². The van der Waals surface area contributed by atoms with Crippen LogP contribution in [0.3, 0.4) is 0 Å². The van der Waals surface area contributed by atoms with Crippen molar-refractivity contribution >= 4 is 56.1 Å². The highest BCUT2D eigenvalue weighted by Gasteiger charge is 2.54. The molecule has 11 aromatic rings. The topological polar surface area (TPSA) is 19.6 Å². The van der Waals surface area contributed by atoms with Crippen molar-refractivity contribution in [3.05, 3.63) is 263 Å². The van der Waals surface area contributed by atoms with Crippen LogP contribution >= 0.6 is 0 Å². The first-order valence-electron chi connectivity index (χ1n) is 27.1. The molecule has 2 aliphatic carbocycles. The van der Waals surface area contributed by atoms with Crippen molar-refractivity contribution in [3.8, 4) is 33.4 Å². The molecule has 2 aliphatic rings. The second-order valence-corrected chi connectivity index (χ2v) is 24.3. The molecule has 378 valence electrons. The average Bonchev–Trinajstić information content (AvgIpc) is 4.08. The minimum Gasteiger partial charge on any atom is -0.455 e. The Bertz CT molecular complexity index is 4020. The van der Waals surface area contributed by atoms with Crippen LogP contribution in [0.25, 0.3) is 55.3 Å². The van der Waals surface area contributed by atoms with Gasteiger partial charge in [0.25, 0.3) is 0 Å². The van der Waals surface area contributed by atoms with E-state index in [0.29, 0.717) is 0 Å². The van der Waals surface area contributed by atoms with E-state index in [2.05, 4.69) is 272 Å². The predicted molar refractivity (Wildman–Crippen MR) is 321 cm³/mol. The number of rotatable bonds is 7. The molecule has 0 saturated heterocycles. The zero-order valence-corrected chi connectivity index (χ0v) is 45.5. The lowest BCUT2D eigenvalue weighted by molar-refractivity contribution is 0.590. The molecule has 0 fully saturated rings. The highest BCUT2D eigenvalue weighted by Crippen LogP contribution is 2.66. The summed E-state index contributed by atoms with van der Waals surface area (Å²) in [6.45, 7) is 20.3. The Labute approximate surface area is 452 Å². The van der Waals surface area contributed by atoms with Crippen LogP contribution in [-0.2, 0) is 21.7 Å². The van der Waals surface area contributed by atoms with Gasteiger partial charge in [-0.1, -0.05) is 196 Å². The summed E-state index contributed by atoms with van der Waals surface area (Å²) >= 11 is 0. The van der Waals surface area contributed by atoms with Gasteiger partial charge in [-0.15, -0.1) is 0 Å². The van der Waals surface area contributed by atoms with Crippen LogP contribution in [-0.4, -0.2) is 0 Å². The molecule has 0 aliphatic heterocycles. The summed E-state index contributed by atoms with van der Waals surface area (Å²) in [5.74, 6) is -0.273. The van der Waals surface area contributed by atoms with Gasteiger partial charge in [0.15, 0.2) is 0 Å². The summed E-state index contributed by atoms with van der Waals surface area (Å²) in [4.78, 5) is 4.79. The zero-order chi connectivity index (χ0) is 53.2. The fraction of sp³-hybridized carbons (Fsp3) is 0.178. The zero-order valence-electron chi connectivity index (χ0n) is 45.5. The minimum atomic E-state index is -0.951. The molecule has 77 heavy (non-hydrogen) atoms. The lowest BCUT2D eigenvalue weighted by Gasteiger charge is -2.33. The first kappa shape index (κ1) is 48.2. The van der Waals surface area contributed by atoms with E-state index in [0.717, 1.165) is 112 Å². The van der Waals surface area contributed by atoms with E-state index in [9.17, 15) is 0 Å². The van der Waals surface area contributed by atoms with Gasteiger partial charge >= 0.3 is 0 Å². The van der Waals surface area contributed by atoms with E-state index in [-0.39, 0.29) is 22.1 Å². The Kier molecular flexibility index (Phi) is 11.0. The van der Waals surface area contributed by atoms with Crippen molar-refractivity contribution < 1.29 is 8.81 Å². The first-order valence-corrected chi connectivity index (χ1v) is 27.1. The Hall–Kier alpha value is -8.47.